The molecule has 6 rings (SSSR count). The average Bonchev–Trinajstić information content (AvgIpc) is 3.41. The number of ketones is 2. The molecule has 39 heavy (non-hydrogen) atoms. The smallest absolute Gasteiger partial charge is 0.243 e. The van der Waals surface area contributed by atoms with Gasteiger partial charge in [0.1, 0.15) is 12.8 Å². The third-order valence-electron chi connectivity index (χ3n) is 11.1. The standard InChI is InChI=1S/C29H33F2NO6S/c1-26-9-8-18(34)11-22(26)23(30)12-21-20-10-17-14-32(39(37,38)19-6-4-3-5-7-19)16-28(17,25(36)15-33)27(20,2)13-24(35)29(21,26)31/h3-9,11,17,20-21,23-24,33,35H,10,12-16H2,1-2H3. The molecular weight excluding hydrogens is 528 g/mol. The van der Waals surface area contributed by atoms with Gasteiger partial charge in [-0.05, 0) is 73.3 Å². The number of nitrogens with zero attached hydrogens (tertiary/aromatic N) is 1. The molecule has 0 radical (unpaired) electrons. The number of benzene rings is 1. The van der Waals surface area contributed by atoms with Crippen molar-refractivity contribution in [3.8, 4) is 0 Å². The molecular formula is C29H33F2NO6S. The SMILES string of the molecule is CC12C=CC(=O)C=C1C(F)CC1C3CC4CN(S(=O)(=O)c5ccccc5)CC4(C(=O)CO)C3(C)CC(O)C12F. The Kier molecular flexibility index (Phi) is 5.78. The molecule has 1 saturated heterocycles. The molecule has 0 spiro atoms. The minimum Gasteiger partial charge on any atom is -0.390 e. The molecule has 0 bridgehead atoms. The van der Waals surface area contributed by atoms with E-state index in [4.69, 9.17) is 0 Å². The van der Waals surface area contributed by atoms with Crippen molar-refractivity contribution in [1.82, 2.24) is 4.31 Å². The molecule has 210 valence electrons. The zero-order valence-electron chi connectivity index (χ0n) is 21.9. The second-order valence-corrected chi connectivity index (χ2v) is 14.4. The van der Waals surface area contributed by atoms with Crippen LogP contribution in [0.15, 0.2) is 59.0 Å². The van der Waals surface area contributed by atoms with Crippen LogP contribution in [0, 0.1) is 34.0 Å². The van der Waals surface area contributed by atoms with E-state index in [9.17, 15) is 28.2 Å². The van der Waals surface area contributed by atoms with E-state index in [0.29, 0.717) is 0 Å². The normalized spacial score (nSPS) is 45.2. The summed E-state index contributed by atoms with van der Waals surface area (Å²) < 4.78 is 61.5. The van der Waals surface area contributed by atoms with Crippen LogP contribution in [0.25, 0.3) is 0 Å². The van der Waals surface area contributed by atoms with Gasteiger partial charge in [-0.2, -0.15) is 4.31 Å². The van der Waals surface area contributed by atoms with Crippen LogP contribution in [-0.2, 0) is 19.6 Å². The number of carbonyl (C=O) groups excluding carboxylic acids is 2. The van der Waals surface area contributed by atoms with Gasteiger partial charge in [0, 0.05) is 24.4 Å². The lowest BCUT2D eigenvalue weighted by atomic mass is 9.43. The van der Waals surface area contributed by atoms with Crippen molar-refractivity contribution in [3.05, 3.63) is 54.1 Å². The molecule has 2 N–H and O–H groups in total. The fourth-order valence-corrected chi connectivity index (χ4v) is 10.9. The molecule has 9 atom stereocenters. The molecule has 5 aliphatic rings. The van der Waals surface area contributed by atoms with E-state index in [1.165, 1.54) is 35.5 Å². The Morgan fingerprint density at radius 1 is 1.15 bits per heavy atom. The van der Waals surface area contributed by atoms with E-state index < -0.39 is 80.1 Å². The lowest BCUT2D eigenvalue weighted by Crippen LogP contribution is -2.69. The molecule has 1 aromatic carbocycles. The number of allylic oxidation sites excluding steroid dienone is 4. The zero-order valence-corrected chi connectivity index (χ0v) is 22.7. The van der Waals surface area contributed by atoms with Gasteiger partial charge in [0.15, 0.2) is 17.2 Å². The molecule has 4 aliphatic carbocycles. The number of hydrogen-bond acceptors (Lipinski definition) is 6. The lowest BCUT2D eigenvalue weighted by Gasteiger charge is -2.63. The number of alkyl halides is 2. The van der Waals surface area contributed by atoms with Crippen LogP contribution in [-0.4, -0.2) is 72.1 Å². The molecule has 4 fully saturated rings. The van der Waals surface area contributed by atoms with E-state index in [1.54, 1.807) is 25.1 Å². The van der Waals surface area contributed by atoms with E-state index in [2.05, 4.69) is 0 Å². The molecule has 10 heteroatoms. The van der Waals surface area contributed by atoms with Crippen molar-refractivity contribution in [2.45, 2.75) is 55.9 Å². The number of aliphatic hydroxyl groups is 2. The number of halogens is 2. The Labute approximate surface area is 226 Å². The van der Waals surface area contributed by atoms with Gasteiger partial charge in [0.05, 0.1) is 16.4 Å². The van der Waals surface area contributed by atoms with Crippen LogP contribution in [0.4, 0.5) is 8.78 Å². The summed E-state index contributed by atoms with van der Waals surface area (Å²) in [5, 5.41) is 21.7. The average molecular weight is 562 g/mol. The maximum Gasteiger partial charge on any atom is 0.243 e. The highest BCUT2D eigenvalue weighted by atomic mass is 32.2. The number of carbonyl (C=O) groups is 2. The largest absolute Gasteiger partial charge is 0.390 e. The summed E-state index contributed by atoms with van der Waals surface area (Å²) >= 11 is 0. The fraction of sp³-hybridized carbons (Fsp3) is 0.586. The van der Waals surface area contributed by atoms with Crippen LogP contribution < -0.4 is 0 Å². The third-order valence-corrected chi connectivity index (χ3v) is 13.0. The number of aliphatic hydroxyl groups excluding tert-OH is 2. The second kappa shape index (κ2) is 8.38. The van der Waals surface area contributed by atoms with Crippen LogP contribution in [0.3, 0.4) is 0 Å². The first kappa shape index (κ1) is 26.9. The molecule has 0 amide bonds. The minimum absolute atomic E-state index is 0.00698. The summed E-state index contributed by atoms with van der Waals surface area (Å²) in [5.41, 5.74) is -6.27. The maximum absolute atomic E-state index is 17.5. The number of fused-ring (bicyclic) bond motifs is 7. The van der Waals surface area contributed by atoms with Gasteiger partial charge in [-0.1, -0.05) is 31.2 Å². The summed E-state index contributed by atoms with van der Waals surface area (Å²) in [6.07, 6.45) is 0.357. The Morgan fingerprint density at radius 3 is 2.51 bits per heavy atom. The highest BCUT2D eigenvalue weighted by Gasteiger charge is 2.78. The van der Waals surface area contributed by atoms with Gasteiger partial charge >= 0.3 is 0 Å². The monoisotopic (exact) mass is 561 g/mol. The Bertz CT molecular complexity index is 1410. The maximum atomic E-state index is 17.5. The van der Waals surface area contributed by atoms with Crippen molar-refractivity contribution < 1.29 is 37.0 Å². The Hall–Kier alpha value is -2.27. The van der Waals surface area contributed by atoms with Crippen molar-refractivity contribution in [1.29, 1.82) is 0 Å². The van der Waals surface area contributed by atoms with Gasteiger partial charge in [0.25, 0.3) is 0 Å². The van der Waals surface area contributed by atoms with Gasteiger partial charge in [-0.15, -0.1) is 0 Å². The van der Waals surface area contributed by atoms with Crippen molar-refractivity contribution in [2.75, 3.05) is 19.7 Å². The van der Waals surface area contributed by atoms with E-state index in [1.807, 2.05) is 0 Å². The summed E-state index contributed by atoms with van der Waals surface area (Å²) in [5.74, 6) is -3.02. The first-order valence-corrected chi connectivity index (χ1v) is 14.9. The summed E-state index contributed by atoms with van der Waals surface area (Å²) in [6.45, 7) is 2.28. The first-order chi connectivity index (χ1) is 18.3. The van der Waals surface area contributed by atoms with Crippen LogP contribution in [0.5, 0.6) is 0 Å². The van der Waals surface area contributed by atoms with E-state index >= 15 is 8.78 Å². The Balaban J connectivity index is 1.45. The molecule has 0 aromatic heterocycles. The summed E-state index contributed by atoms with van der Waals surface area (Å²) in [4.78, 5) is 25.8. The van der Waals surface area contributed by atoms with Crippen LogP contribution >= 0.6 is 0 Å². The number of rotatable bonds is 4. The van der Waals surface area contributed by atoms with E-state index in [-0.39, 0.29) is 42.8 Å². The highest BCUT2D eigenvalue weighted by molar-refractivity contribution is 7.89. The van der Waals surface area contributed by atoms with Crippen LogP contribution in [0.1, 0.15) is 33.1 Å². The van der Waals surface area contributed by atoms with E-state index in [0.717, 1.165) is 6.08 Å². The van der Waals surface area contributed by atoms with Gasteiger partial charge in [0.2, 0.25) is 10.0 Å². The molecule has 1 heterocycles. The molecule has 1 aliphatic heterocycles. The lowest BCUT2D eigenvalue weighted by molar-refractivity contribution is -0.211. The number of Topliss-reactive ketones (excluding diaryl/α,β-unsaturated/α-hetero) is 1. The second-order valence-electron chi connectivity index (χ2n) is 12.5. The third kappa shape index (κ3) is 3.14. The van der Waals surface area contributed by atoms with Gasteiger partial charge in [-0.25, -0.2) is 17.2 Å². The van der Waals surface area contributed by atoms with Crippen molar-refractivity contribution >= 4 is 21.6 Å². The van der Waals surface area contributed by atoms with Gasteiger partial charge < -0.3 is 10.2 Å². The highest BCUT2D eigenvalue weighted by Crippen LogP contribution is 2.74. The predicted molar refractivity (Wildman–Crippen MR) is 137 cm³/mol. The van der Waals surface area contributed by atoms with Gasteiger partial charge in [-0.3, -0.25) is 9.59 Å². The molecule has 7 nitrogen and oxygen atoms in total. The molecule has 1 aromatic rings. The number of hydrogen-bond donors (Lipinski definition) is 2. The Morgan fingerprint density at radius 2 is 1.85 bits per heavy atom. The topological polar surface area (TPSA) is 112 Å². The molecule has 9 unspecified atom stereocenters. The summed E-state index contributed by atoms with van der Waals surface area (Å²) in [7, 11) is -3.96. The minimum atomic E-state index is -3.96. The van der Waals surface area contributed by atoms with Crippen molar-refractivity contribution in [2.24, 2.45) is 34.0 Å². The number of sulfonamides is 1. The molecule has 3 saturated carbocycles. The fourth-order valence-electron chi connectivity index (χ4n) is 9.30. The summed E-state index contributed by atoms with van der Waals surface area (Å²) in [6, 6.07) is 7.89. The van der Waals surface area contributed by atoms with Crippen LogP contribution in [0.2, 0.25) is 0 Å². The zero-order chi connectivity index (χ0) is 28.2. The van der Waals surface area contributed by atoms with Crippen molar-refractivity contribution in [3.63, 3.8) is 0 Å². The quantitative estimate of drug-likeness (QED) is 0.585. The first-order valence-electron chi connectivity index (χ1n) is 13.4. The predicted octanol–water partition coefficient (Wildman–Crippen LogP) is 2.78.